The Morgan fingerprint density at radius 2 is 2.11 bits per heavy atom. The van der Waals surface area contributed by atoms with E-state index in [-0.39, 0.29) is 23.4 Å². The molecule has 0 amide bonds. The lowest BCUT2D eigenvalue weighted by molar-refractivity contribution is 0.0696. The van der Waals surface area contributed by atoms with Crippen LogP contribution < -0.4 is 4.72 Å². The average Bonchev–Trinajstić information content (AvgIpc) is 2.27. The minimum absolute atomic E-state index is 0.00887. The predicted molar refractivity (Wildman–Crippen MR) is 64.3 cm³/mol. The molecule has 0 bridgehead atoms. The molecule has 18 heavy (non-hydrogen) atoms. The Bertz CT molecular complexity index is 542. The van der Waals surface area contributed by atoms with Gasteiger partial charge in [0, 0.05) is 12.1 Å². The number of aromatic carboxylic acids is 1. The zero-order chi connectivity index (χ0) is 13.8. The number of sulfonamides is 1. The summed E-state index contributed by atoms with van der Waals surface area (Å²) in [5.41, 5.74) is -0.0735. The third-order valence-corrected chi connectivity index (χ3v) is 3.78. The van der Waals surface area contributed by atoms with Crippen molar-refractivity contribution < 1.29 is 22.7 Å². The molecule has 0 aliphatic rings. The van der Waals surface area contributed by atoms with Crippen molar-refractivity contribution in [3.05, 3.63) is 35.1 Å². The van der Waals surface area contributed by atoms with Crippen LogP contribution in [0, 0.1) is 5.82 Å². The highest BCUT2D eigenvalue weighted by Crippen LogP contribution is 2.11. The Morgan fingerprint density at radius 3 is 2.67 bits per heavy atom. The highest BCUT2D eigenvalue weighted by molar-refractivity contribution is 7.89. The van der Waals surface area contributed by atoms with E-state index in [1.54, 1.807) is 6.92 Å². The minimum Gasteiger partial charge on any atom is -0.478 e. The Labute approximate surface area is 105 Å². The van der Waals surface area contributed by atoms with E-state index >= 15 is 0 Å². The number of nitrogens with one attached hydrogen (secondary N) is 1. The molecule has 0 saturated heterocycles. The molecule has 1 aromatic rings. The van der Waals surface area contributed by atoms with E-state index in [0.717, 1.165) is 18.2 Å². The molecule has 0 aliphatic carbocycles. The highest BCUT2D eigenvalue weighted by atomic mass is 32.2. The lowest BCUT2D eigenvalue weighted by Crippen LogP contribution is -2.26. The van der Waals surface area contributed by atoms with Crippen molar-refractivity contribution in [2.75, 3.05) is 5.75 Å². The maximum Gasteiger partial charge on any atom is 0.335 e. The smallest absolute Gasteiger partial charge is 0.335 e. The van der Waals surface area contributed by atoms with Gasteiger partial charge < -0.3 is 5.11 Å². The molecule has 100 valence electrons. The van der Waals surface area contributed by atoms with E-state index in [0.29, 0.717) is 6.42 Å². The van der Waals surface area contributed by atoms with E-state index in [1.165, 1.54) is 0 Å². The fraction of sp³-hybridized carbons (Fsp3) is 0.364. The van der Waals surface area contributed by atoms with Crippen LogP contribution in [-0.4, -0.2) is 25.2 Å². The average molecular weight is 275 g/mol. The summed E-state index contributed by atoms with van der Waals surface area (Å²) in [4.78, 5) is 10.7. The SMILES string of the molecule is CCCS(=O)(=O)NCc1cc(C(=O)O)ccc1F. The van der Waals surface area contributed by atoms with E-state index in [4.69, 9.17) is 5.11 Å². The largest absolute Gasteiger partial charge is 0.478 e. The number of hydrogen-bond donors (Lipinski definition) is 2. The van der Waals surface area contributed by atoms with E-state index in [1.807, 2.05) is 0 Å². The van der Waals surface area contributed by atoms with Crippen LogP contribution >= 0.6 is 0 Å². The molecule has 0 fully saturated rings. The standard InChI is InChI=1S/C11H14FNO4S/c1-2-5-18(16,17)13-7-9-6-8(11(14)15)3-4-10(9)12/h3-4,6,13H,2,5,7H2,1H3,(H,14,15). The van der Waals surface area contributed by atoms with E-state index in [9.17, 15) is 17.6 Å². The third kappa shape index (κ3) is 4.08. The second-order valence-corrected chi connectivity index (χ2v) is 5.68. The van der Waals surface area contributed by atoms with Crippen LogP contribution in [0.5, 0.6) is 0 Å². The lowest BCUT2D eigenvalue weighted by Gasteiger charge is -2.07. The van der Waals surface area contributed by atoms with Crippen molar-refractivity contribution in [3.8, 4) is 0 Å². The van der Waals surface area contributed by atoms with E-state index < -0.39 is 21.8 Å². The second kappa shape index (κ2) is 5.92. The molecule has 0 heterocycles. The number of carboxylic acids is 1. The molecule has 0 radical (unpaired) electrons. The molecule has 2 N–H and O–H groups in total. The van der Waals surface area contributed by atoms with E-state index in [2.05, 4.69) is 4.72 Å². The highest BCUT2D eigenvalue weighted by Gasteiger charge is 2.12. The van der Waals surface area contributed by atoms with Gasteiger partial charge in [0.1, 0.15) is 5.82 Å². The number of hydrogen-bond acceptors (Lipinski definition) is 3. The van der Waals surface area contributed by atoms with Crippen LogP contribution in [0.4, 0.5) is 4.39 Å². The van der Waals surface area contributed by atoms with Gasteiger partial charge >= 0.3 is 5.97 Å². The zero-order valence-corrected chi connectivity index (χ0v) is 10.6. The van der Waals surface area contributed by atoms with Crippen molar-refractivity contribution in [2.45, 2.75) is 19.9 Å². The molecule has 0 aliphatic heterocycles. The quantitative estimate of drug-likeness (QED) is 0.821. The number of carboxylic acid groups (broad SMARTS) is 1. The topological polar surface area (TPSA) is 83.5 Å². The zero-order valence-electron chi connectivity index (χ0n) is 9.81. The molecule has 0 atom stereocenters. The molecule has 0 saturated carbocycles. The maximum atomic E-state index is 13.4. The van der Waals surface area contributed by atoms with Gasteiger partial charge in [-0.1, -0.05) is 6.92 Å². The fourth-order valence-electron chi connectivity index (χ4n) is 1.37. The van der Waals surface area contributed by atoms with Gasteiger partial charge in [0.15, 0.2) is 0 Å². The minimum atomic E-state index is -3.44. The van der Waals surface area contributed by atoms with Crippen molar-refractivity contribution in [2.24, 2.45) is 0 Å². The predicted octanol–water partition coefficient (Wildman–Crippen LogP) is 1.35. The summed E-state index contributed by atoms with van der Waals surface area (Å²) in [5.74, 6) is -1.88. The normalized spacial score (nSPS) is 11.4. The summed E-state index contributed by atoms with van der Waals surface area (Å²) in [6, 6.07) is 3.25. The molecular weight excluding hydrogens is 261 g/mol. The Kier molecular flexibility index (Phi) is 4.80. The summed E-state index contributed by atoms with van der Waals surface area (Å²) in [7, 11) is -3.44. The van der Waals surface area contributed by atoms with Gasteiger partial charge in [-0.3, -0.25) is 0 Å². The summed E-state index contributed by atoms with van der Waals surface area (Å²) in [6.45, 7) is 1.46. The Hall–Kier alpha value is -1.47. The van der Waals surface area contributed by atoms with Gasteiger partial charge in [0.25, 0.3) is 0 Å². The monoisotopic (exact) mass is 275 g/mol. The number of benzene rings is 1. The van der Waals surface area contributed by atoms with Crippen LogP contribution in [0.1, 0.15) is 29.3 Å². The van der Waals surface area contributed by atoms with Crippen molar-refractivity contribution in [1.82, 2.24) is 4.72 Å². The third-order valence-electron chi connectivity index (χ3n) is 2.25. The maximum absolute atomic E-state index is 13.4. The van der Waals surface area contributed by atoms with Crippen LogP contribution in [0.25, 0.3) is 0 Å². The first-order valence-corrected chi connectivity index (χ1v) is 7.00. The first-order chi connectivity index (χ1) is 8.35. The van der Waals surface area contributed by atoms with Gasteiger partial charge in [-0.25, -0.2) is 22.3 Å². The van der Waals surface area contributed by atoms with Crippen LogP contribution in [0.15, 0.2) is 18.2 Å². The molecule has 0 aromatic heterocycles. The van der Waals surface area contributed by atoms with Crippen molar-refractivity contribution in [1.29, 1.82) is 0 Å². The fourth-order valence-corrected chi connectivity index (χ4v) is 2.43. The van der Waals surface area contributed by atoms with Crippen LogP contribution in [-0.2, 0) is 16.6 Å². The first kappa shape index (κ1) is 14.6. The number of halogens is 1. The Balaban J connectivity index is 2.85. The summed E-state index contributed by atoms with van der Waals surface area (Å²) < 4.78 is 38.4. The molecular formula is C11H14FNO4S. The summed E-state index contributed by atoms with van der Waals surface area (Å²) >= 11 is 0. The van der Waals surface area contributed by atoms with Crippen molar-refractivity contribution >= 4 is 16.0 Å². The van der Waals surface area contributed by atoms with Gasteiger partial charge in [-0.2, -0.15) is 0 Å². The Morgan fingerprint density at radius 1 is 1.44 bits per heavy atom. The number of rotatable bonds is 6. The first-order valence-electron chi connectivity index (χ1n) is 5.35. The van der Waals surface area contributed by atoms with Crippen molar-refractivity contribution in [3.63, 3.8) is 0 Å². The van der Waals surface area contributed by atoms with Crippen LogP contribution in [0.3, 0.4) is 0 Å². The van der Waals surface area contributed by atoms with Gasteiger partial charge in [0.05, 0.1) is 11.3 Å². The second-order valence-electron chi connectivity index (χ2n) is 3.75. The van der Waals surface area contributed by atoms with Gasteiger partial charge in [-0.05, 0) is 24.6 Å². The molecule has 0 spiro atoms. The summed E-state index contributed by atoms with van der Waals surface area (Å²) in [5, 5.41) is 8.75. The van der Waals surface area contributed by atoms with Gasteiger partial charge in [0.2, 0.25) is 10.0 Å². The number of carbonyl (C=O) groups is 1. The lowest BCUT2D eigenvalue weighted by atomic mass is 10.1. The van der Waals surface area contributed by atoms with Crippen LogP contribution in [0.2, 0.25) is 0 Å². The molecule has 1 aromatic carbocycles. The summed E-state index contributed by atoms with van der Waals surface area (Å²) in [6.07, 6.45) is 0.451. The van der Waals surface area contributed by atoms with Gasteiger partial charge in [-0.15, -0.1) is 0 Å². The molecule has 7 heteroatoms. The molecule has 1 rings (SSSR count). The molecule has 5 nitrogen and oxygen atoms in total. The molecule has 0 unspecified atom stereocenters.